The van der Waals surface area contributed by atoms with Crippen molar-refractivity contribution in [2.45, 2.75) is 0 Å². The van der Waals surface area contributed by atoms with Crippen LogP contribution in [-0.4, -0.2) is 17.1 Å². The lowest BCUT2D eigenvalue weighted by atomic mass is 10.2. The van der Waals surface area contributed by atoms with Crippen molar-refractivity contribution in [2.75, 3.05) is 7.11 Å². The fourth-order valence-corrected chi connectivity index (χ4v) is 1.29. The Labute approximate surface area is 78.4 Å². The highest BCUT2D eigenvalue weighted by Crippen LogP contribution is 2.22. The smallest absolute Gasteiger partial charge is 0.262 e. The minimum atomic E-state index is -0.535. The molecule has 1 N–H and O–H groups in total. The van der Waals surface area contributed by atoms with Crippen LogP contribution >= 0.6 is 0 Å². The summed E-state index contributed by atoms with van der Waals surface area (Å²) in [7, 11) is 1.42. The number of rotatable bonds is 1. The number of ether oxygens (including phenoxy) is 1. The lowest BCUT2D eigenvalue weighted by Gasteiger charge is -2.03. The molecule has 5 heteroatoms. The van der Waals surface area contributed by atoms with Gasteiger partial charge in [-0.05, 0) is 12.1 Å². The molecule has 0 aliphatic carbocycles. The summed E-state index contributed by atoms with van der Waals surface area (Å²) in [6, 6.07) is 2.61. The van der Waals surface area contributed by atoms with Gasteiger partial charge in [0.25, 0.3) is 5.56 Å². The number of benzene rings is 1. The Bertz CT molecular complexity index is 536. The molecule has 0 fully saturated rings. The van der Waals surface area contributed by atoms with Crippen LogP contribution in [0.5, 0.6) is 5.75 Å². The molecule has 0 radical (unpaired) electrons. The summed E-state index contributed by atoms with van der Waals surface area (Å²) in [6.07, 6.45) is 1.16. The largest absolute Gasteiger partial charge is 0.496 e. The van der Waals surface area contributed by atoms with E-state index in [4.69, 9.17) is 4.74 Å². The van der Waals surface area contributed by atoms with E-state index < -0.39 is 11.4 Å². The number of nitrogens with one attached hydrogen (secondary N) is 1. The van der Waals surface area contributed by atoms with E-state index in [1.54, 1.807) is 0 Å². The summed E-state index contributed by atoms with van der Waals surface area (Å²) >= 11 is 0. The number of H-pyrrole nitrogens is 1. The van der Waals surface area contributed by atoms with Gasteiger partial charge in [0.1, 0.15) is 22.5 Å². The van der Waals surface area contributed by atoms with Crippen LogP contribution < -0.4 is 10.3 Å². The summed E-state index contributed by atoms with van der Waals surface area (Å²) in [5.74, 6) is -0.220. The van der Waals surface area contributed by atoms with Crippen molar-refractivity contribution in [2.24, 2.45) is 0 Å². The zero-order valence-corrected chi connectivity index (χ0v) is 7.37. The Kier molecular flexibility index (Phi) is 1.92. The van der Waals surface area contributed by atoms with E-state index in [-0.39, 0.29) is 10.9 Å². The van der Waals surface area contributed by atoms with E-state index >= 15 is 0 Å². The van der Waals surface area contributed by atoms with Gasteiger partial charge in [0.2, 0.25) is 0 Å². The highest BCUT2D eigenvalue weighted by Gasteiger charge is 2.10. The first kappa shape index (κ1) is 8.68. The number of hydrogen-bond donors (Lipinski definition) is 1. The van der Waals surface area contributed by atoms with Crippen molar-refractivity contribution in [3.8, 4) is 5.75 Å². The van der Waals surface area contributed by atoms with Crippen molar-refractivity contribution in [1.82, 2.24) is 9.97 Å². The van der Waals surface area contributed by atoms with Crippen molar-refractivity contribution < 1.29 is 9.13 Å². The van der Waals surface area contributed by atoms with Gasteiger partial charge in [-0.25, -0.2) is 9.37 Å². The fraction of sp³-hybridized carbons (Fsp3) is 0.111. The van der Waals surface area contributed by atoms with Gasteiger partial charge in [-0.1, -0.05) is 0 Å². The maximum atomic E-state index is 13.2. The minimum Gasteiger partial charge on any atom is -0.496 e. The first-order valence-corrected chi connectivity index (χ1v) is 3.94. The van der Waals surface area contributed by atoms with E-state index in [9.17, 15) is 9.18 Å². The maximum absolute atomic E-state index is 13.2. The van der Waals surface area contributed by atoms with E-state index in [1.165, 1.54) is 19.2 Å². The summed E-state index contributed by atoms with van der Waals surface area (Å²) in [6.45, 7) is 0. The highest BCUT2D eigenvalue weighted by molar-refractivity contribution is 5.84. The van der Waals surface area contributed by atoms with Gasteiger partial charge < -0.3 is 9.72 Å². The molecule has 0 amide bonds. The molecule has 1 aromatic carbocycles. The van der Waals surface area contributed by atoms with E-state index in [0.717, 1.165) is 6.33 Å². The van der Waals surface area contributed by atoms with Gasteiger partial charge in [0.15, 0.2) is 0 Å². The number of nitrogens with zero attached hydrogens (tertiary/aromatic N) is 1. The average Bonchev–Trinajstić information content (AvgIpc) is 2.20. The molecular weight excluding hydrogens is 187 g/mol. The van der Waals surface area contributed by atoms with Gasteiger partial charge in [-0.2, -0.15) is 0 Å². The normalized spacial score (nSPS) is 10.4. The Morgan fingerprint density at radius 3 is 3.00 bits per heavy atom. The molecular formula is C9H7FN2O2. The van der Waals surface area contributed by atoms with E-state index in [2.05, 4.69) is 9.97 Å². The summed E-state index contributed by atoms with van der Waals surface area (Å²) in [4.78, 5) is 17.5. The van der Waals surface area contributed by atoms with E-state index in [1.807, 2.05) is 0 Å². The molecule has 14 heavy (non-hydrogen) atoms. The van der Waals surface area contributed by atoms with Crippen LogP contribution in [0.2, 0.25) is 0 Å². The molecule has 1 heterocycles. The predicted molar refractivity (Wildman–Crippen MR) is 48.9 cm³/mol. The van der Waals surface area contributed by atoms with Gasteiger partial charge >= 0.3 is 0 Å². The zero-order valence-electron chi connectivity index (χ0n) is 7.37. The van der Waals surface area contributed by atoms with Crippen molar-refractivity contribution in [3.05, 3.63) is 34.6 Å². The molecule has 0 saturated heterocycles. The number of halogens is 1. The van der Waals surface area contributed by atoms with Crippen LogP contribution in [0, 0.1) is 5.82 Å². The first-order valence-electron chi connectivity index (χ1n) is 3.94. The Morgan fingerprint density at radius 1 is 1.50 bits per heavy atom. The van der Waals surface area contributed by atoms with Crippen LogP contribution in [0.25, 0.3) is 10.9 Å². The highest BCUT2D eigenvalue weighted by atomic mass is 19.1. The molecule has 0 atom stereocenters. The van der Waals surface area contributed by atoms with Gasteiger partial charge in [0, 0.05) is 0 Å². The monoisotopic (exact) mass is 194 g/mol. The minimum absolute atomic E-state index is 0.0214. The second-order valence-corrected chi connectivity index (χ2v) is 2.70. The molecule has 1 aromatic heterocycles. The molecule has 72 valence electrons. The van der Waals surface area contributed by atoms with Crippen molar-refractivity contribution in [3.63, 3.8) is 0 Å². The molecule has 0 spiro atoms. The standard InChI is InChI=1S/C9H7FN2O2/c1-14-6-3-2-5(10)8-7(6)9(13)12-4-11-8/h2-4H,1H3,(H,11,12,13). The zero-order chi connectivity index (χ0) is 10.1. The van der Waals surface area contributed by atoms with Gasteiger partial charge in [0.05, 0.1) is 13.4 Å². The third kappa shape index (κ3) is 1.14. The summed E-state index contributed by atoms with van der Waals surface area (Å²) in [5, 5.41) is 0.134. The Hall–Kier alpha value is -1.91. The second kappa shape index (κ2) is 3.10. The quantitative estimate of drug-likeness (QED) is 0.738. The third-order valence-corrected chi connectivity index (χ3v) is 1.93. The summed E-state index contributed by atoms with van der Waals surface area (Å²) < 4.78 is 18.1. The van der Waals surface area contributed by atoms with Gasteiger partial charge in [-0.15, -0.1) is 0 Å². The molecule has 0 unspecified atom stereocenters. The van der Waals surface area contributed by atoms with Crippen LogP contribution in [0.3, 0.4) is 0 Å². The number of hydrogen-bond acceptors (Lipinski definition) is 3. The third-order valence-electron chi connectivity index (χ3n) is 1.93. The number of methoxy groups -OCH3 is 1. The van der Waals surface area contributed by atoms with Crippen LogP contribution in [0.15, 0.2) is 23.3 Å². The first-order chi connectivity index (χ1) is 6.74. The number of aromatic nitrogens is 2. The van der Waals surface area contributed by atoms with Crippen molar-refractivity contribution >= 4 is 10.9 Å². The van der Waals surface area contributed by atoms with Gasteiger partial charge in [-0.3, -0.25) is 4.79 Å². The van der Waals surface area contributed by atoms with Crippen LogP contribution in [-0.2, 0) is 0 Å². The molecule has 0 bridgehead atoms. The lowest BCUT2D eigenvalue weighted by molar-refractivity contribution is 0.418. The summed E-state index contributed by atoms with van der Waals surface area (Å²) in [5.41, 5.74) is -0.389. The van der Waals surface area contributed by atoms with Crippen LogP contribution in [0.4, 0.5) is 4.39 Å². The lowest BCUT2D eigenvalue weighted by Crippen LogP contribution is -2.08. The van der Waals surface area contributed by atoms with E-state index in [0.29, 0.717) is 5.75 Å². The molecule has 2 aromatic rings. The van der Waals surface area contributed by atoms with Crippen molar-refractivity contribution in [1.29, 1.82) is 0 Å². The molecule has 2 rings (SSSR count). The SMILES string of the molecule is COc1ccc(F)c2nc[nH]c(=O)c12. The molecule has 0 aliphatic heterocycles. The topological polar surface area (TPSA) is 55.0 Å². The molecule has 4 nitrogen and oxygen atoms in total. The Balaban J connectivity index is 3.00. The fourth-order valence-electron chi connectivity index (χ4n) is 1.29. The predicted octanol–water partition coefficient (Wildman–Crippen LogP) is 1.07. The van der Waals surface area contributed by atoms with Crippen LogP contribution in [0.1, 0.15) is 0 Å². The molecule has 0 aliphatic rings. The average molecular weight is 194 g/mol. The molecule has 0 saturated carbocycles. The second-order valence-electron chi connectivity index (χ2n) is 2.70. The maximum Gasteiger partial charge on any atom is 0.262 e. The number of aromatic amines is 1. The number of fused-ring (bicyclic) bond motifs is 1. The Morgan fingerprint density at radius 2 is 2.29 bits per heavy atom.